The van der Waals surface area contributed by atoms with Crippen molar-refractivity contribution in [1.29, 1.82) is 0 Å². The molecule has 1 aromatic carbocycles. The maximum absolute atomic E-state index is 12.8. The number of halogens is 2. The lowest BCUT2D eigenvalue weighted by Crippen LogP contribution is -2.35. The first-order valence-corrected chi connectivity index (χ1v) is 5.20. The fourth-order valence-corrected chi connectivity index (χ4v) is 1.69. The predicted molar refractivity (Wildman–Crippen MR) is 60.3 cm³/mol. The van der Waals surface area contributed by atoms with Gasteiger partial charge in [0.05, 0.1) is 12.1 Å². The number of rotatable bonds is 3. The fraction of sp³-hybridized carbons (Fsp3) is 0.200. The van der Waals surface area contributed by atoms with Gasteiger partial charge in [-0.2, -0.15) is 0 Å². The molecule has 6 heteroatoms. The van der Waals surface area contributed by atoms with Crippen LogP contribution >= 0.6 is 15.9 Å². The molecule has 0 heterocycles. The standard InChI is InChI=1S/C10H10BrFN2O2/c1-14(5-9(13)15)10(16)7-3-2-6(12)4-8(7)11/h2-4H,5H2,1H3,(H2,13,15). The first-order chi connectivity index (χ1) is 7.41. The number of likely N-dealkylation sites (N-methyl/N-ethyl adjacent to an activating group) is 1. The Hall–Kier alpha value is -1.43. The van der Waals surface area contributed by atoms with Crippen LogP contribution in [0.3, 0.4) is 0 Å². The van der Waals surface area contributed by atoms with Crippen LogP contribution < -0.4 is 5.73 Å². The van der Waals surface area contributed by atoms with Crippen molar-refractivity contribution in [2.75, 3.05) is 13.6 Å². The molecule has 0 aliphatic carbocycles. The number of carbonyl (C=O) groups is 2. The maximum atomic E-state index is 12.8. The second-order valence-electron chi connectivity index (χ2n) is 3.25. The normalized spacial score (nSPS) is 9.94. The largest absolute Gasteiger partial charge is 0.368 e. The third kappa shape index (κ3) is 3.03. The monoisotopic (exact) mass is 288 g/mol. The van der Waals surface area contributed by atoms with Gasteiger partial charge in [0, 0.05) is 11.5 Å². The van der Waals surface area contributed by atoms with Crippen LogP contribution in [0.5, 0.6) is 0 Å². The summed E-state index contributed by atoms with van der Waals surface area (Å²) in [6, 6.07) is 3.71. The lowest BCUT2D eigenvalue weighted by atomic mass is 10.2. The summed E-state index contributed by atoms with van der Waals surface area (Å²) in [6.45, 7) is -0.178. The van der Waals surface area contributed by atoms with Gasteiger partial charge in [0.2, 0.25) is 5.91 Å². The lowest BCUT2D eigenvalue weighted by molar-refractivity contribution is -0.118. The Labute approximate surface area is 100 Å². The molecular formula is C10H10BrFN2O2. The summed E-state index contributed by atoms with van der Waals surface area (Å²) in [5.41, 5.74) is 5.25. The summed E-state index contributed by atoms with van der Waals surface area (Å²) in [5, 5.41) is 0. The smallest absolute Gasteiger partial charge is 0.255 e. The molecule has 0 fully saturated rings. The Kier molecular flexibility index (Phi) is 4.00. The van der Waals surface area contributed by atoms with E-state index in [1.165, 1.54) is 30.1 Å². The van der Waals surface area contributed by atoms with Gasteiger partial charge in [-0.3, -0.25) is 9.59 Å². The summed E-state index contributed by atoms with van der Waals surface area (Å²) in [4.78, 5) is 23.6. The molecule has 0 saturated heterocycles. The van der Waals surface area contributed by atoms with E-state index < -0.39 is 17.6 Å². The van der Waals surface area contributed by atoms with Crippen molar-refractivity contribution in [2.24, 2.45) is 5.73 Å². The van der Waals surface area contributed by atoms with Gasteiger partial charge < -0.3 is 10.6 Å². The Bertz CT molecular complexity index is 437. The highest BCUT2D eigenvalue weighted by Crippen LogP contribution is 2.19. The minimum atomic E-state index is -0.603. The van der Waals surface area contributed by atoms with Crippen LogP contribution in [0.1, 0.15) is 10.4 Å². The van der Waals surface area contributed by atoms with Crippen LogP contribution in [0.25, 0.3) is 0 Å². The molecule has 0 aromatic heterocycles. The zero-order valence-corrected chi connectivity index (χ0v) is 10.1. The number of primary amides is 1. The second kappa shape index (κ2) is 5.07. The van der Waals surface area contributed by atoms with Gasteiger partial charge >= 0.3 is 0 Å². The number of nitrogens with zero attached hydrogens (tertiary/aromatic N) is 1. The summed E-state index contributed by atoms with van der Waals surface area (Å²) in [6.07, 6.45) is 0. The van der Waals surface area contributed by atoms with Crippen molar-refractivity contribution in [3.8, 4) is 0 Å². The van der Waals surface area contributed by atoms with Crippen LogP contribution in [0.15, 0.2) is 22.7 Å². The molecular weight excluding hydrogens is 279 g/mol. The van der Waals surface area contributed by atoms with Crippen molar-refractivity contribution in [3.05, 3.63) is 34.1 Å². The van der Waals surface area contributed by atoms with Crippen molar-refractivity contribution < 1.29 is 14.0 Å². The van der Waals surface area contributed by atoms with E-state index in [1.807, 2.05) is 0 Å². The van der Waals surface area contributed by atoms with Crippen LogP contribution in [-0.4, -0.2) is 30.3 Å². The summed E-state index contributed by atoms with van der Waals surface area (Å²) >= 11 is 3.08. The predicted octanol–water partition coefficient (Wildman–Crippen LogP) is 1.15. The highest BCUT2D eigenvalue weighted by Gasteiger charge is 2.16. The van der Waals surface area contributed by atoms with E-state index in [-0.39, 0.29) is 12.1 Å². The highest BCUT2D eigenvalue weighted by molar-refractivity contribution is 9.10. The molecule has 0 unspecified atom stereocenters. The summed E-state index contributed by atoms with van der Waals surface area (Å²) < 4.78 is 13.1. The molecule has 2 N–H and O–H groups in total. The molecule has 1 rings (SSSR count). The van der Waals surface area contributed by atoms with Gasteiger partial charge in [0.25, 0.3) is 5.91 Å². The molecule has 86 valence electrons. The molecule has 0 atom stereocenters. The third-order valence-electron chi connectivity index (χ3n) is 1.90. The molecule has 2 amide bonds. The Morgan fingerprint density at radius 3 is 2.62 bits per heavy atom. The van der Waals surface area contributed by atoms with Crippen molar-refractivity contribution >= 4 is 27.7 Å². The average molecular weight is 289 g/mol. The first kappa shape index (κ1) is 12.6. The number of hydrogen-bond donors (Lipinski definition) is 1. The fourth-order valence-electron chi connectivity index (χ4n) is 1.17. The Morgan fingerprint density at radius 2 is 2.12 bits per heavy atom. The van der Waals surface area contributed by atoms with Crippen molar-refractivity contribution in [3.63, 3.8) is 0 Å². The maximum Gasteiger partial charge on any atom is 0.255 e. The third-order valence-corrected chi connectivity index (χ3v) is 2.56. The number of amides is 2. The molecule has 16 heavy (non-hydrogen) atoms. The van der Waals surface area contributed by atoms with Crippen LogP contribution in [0, 0.1) is 5.82 Å². The van der Waals surface area contributed by atoms with Gasteiger partial charge in [-0.25, -0.2) is 4.39 Å². The SMILES string of the molecule is CN(CC(N)=O)C(=O)c1ccc(F)cc1Br. The van der Waals surface area contributed by atoms with Crippen molar-refractivity contribution in [1.82, 2.24) is 4.90 Å². The zero-order valence-electron chi connectivity index (χ0n) is 8.54. The number of nitrogens with two attached hydrogens (primary N) is 1. The number of hydrogen-bond acceptors (Lipinski definition) is 2. The minimum absolute atomic E-state index is 0.178. The van der Waals surface area contributed by atoms with E-state index in [9.17, 15) is 14.0 Å². The molecule has 1 aromatic rings. The van der Waals surface area contributed by atoms with Gasteiger partial charge in [0.1, 0.15) is 5.82 Å². The molecule has 0 bridgehead atoms. The molecule has 0 spiro atoms. The van der Waals surface area contributed by atoms with Crippen molar-refractivity contribution in [2.45, 2.75) is 0 Å². The van der Waals surface area contributed by atoms with E-state index in [0.29, 0.717) is 4.47 Å². The van der Waals surface area contributed by atoms with Gasteiger partial charge in [-0.15, -0.1) is 0 Å². The summed E-state index contributed by atoms with van der Waals surface area (Å²) in [5.74, 6) is -1.44. The van der Waals surface area contributed by atoms with E-state index in [4.69, 9.17) is 5.73 Å². The molecule has 0 aliphatic rings. The van der Waals surface area contributed by atoms with Gasteiger partial charge in [-0.1, -0.05) is 0 Å². The van der Waals surface area contributed by atoms with Gasteiger partial charge in [-0.05, 0) is 34.1 Å². The van der Waals surface area contributed by atoms with E-state index in [1.54, 1.807) is 0 Å². The van der Waals surface area contributed by atoms with E-state index >= 15 is 0 Å². The molecule has 0 saturated carbocycles. The molecule has 0 aliphatic heterocycles. The first-order valence-electron chi connectivity index (χ1n) is 4.40. The summed E-state index contributed by atoms with van der Waals surface area (Å²) in [7, 11) is 1.45. The minimum Gasteiger partial charge on any atom is -0.368 e. The van der Waals surface area contributed by atoms with Crippen LogP contribution in [0.2, 0.25) is 0 Å². The second-order valence-corrected chi connectivity index (χ2v) is 4.11. The quantitative estimate of drug-likeness (QED) is 0.907. The van der Waals surface area contributed by atoms with Crippen LogP contribution in [0.4, 0.5) is 4.39 Å². The number of carbonyl (C=O) groups excluding carboxylic acids is 2. The zero-order chi connectivity index (χ0) is 12.3. The molecule has 0 radical (unpaired) electrons. The van der Waals surface area contributed by atoms with Crippen LogP contribution in [-0.2, 0) is 4.79 Å². The number of benzene rings is 1. The molecule has 4 nitrogen and oxygen atoms in total. The topological polar surface area (TPSA) is 63.4 Å². The lowest BCUT2D eigenvalue weighted by Gasteiger charge is -2.15. The Morgan fingerprint density at radius 1 is 1.50 bits per heavy atom. The van der Waals surface area contributed by atoms with E-state index in [2.05, 4.69) is 15.9 Å². The van der Waals surface area contributed by atoms with E-state index in [0.717, 1.165) is 0 Å². The van der Waals surface area contributed by atoms with Gasteiger partial charge in [0.15, 0.2) is 0 Å². The average Bonchev–Trinajstić information content (AvgIpc) is 2.15. The Balaban J connectivity index is 2.92. The highest BCUT2D eigenvalue weighted by atomic mass is 79.9.